The summed E-state index contributed by atoms with van der Waals surface area (Å²) in [5.74, 6) is 0.308. The fourth-order valence-corrected chi connectivity index (χ4v) is 5.60. The number of fused-ring (bicyclic) bond motifs is 2. The molecule has 0 aliphatic heterocycles. The van der Waals surface area contributed by atoms with Crippen LogP contribution in [0.15, 0.2) is 73.6 Å². The molecule has 0 aliphatic rings. The highest BCUT2D eigenvalue weighted by Gasteiger charge is 2.18. The zero-order valence-electron chi connectivity index (χ0n) is 26.4. The highest BCUT2D eigenvalue weighted by Crippen LogP contribution is 2.33. The van der Waals surface area contributed by atoms with E-state index < -0.39 is 0 Å². The van der Waals surface area contributed by atoms with Gasteiger partial charge in [-0.05, 0) is 80.7 Å². The molecule has 0 saturated heterocycles. The van der Waals surface area contributed by atoms with Crippen molar-refractivity contribution in [1.29, 1.82) is 0 Å². The summed E-state index contributed by atoms with van der Waals surface area (Å²) in [4.78, 5) is 24.0. The lowest BCUT2D eigenvalue weighted by Gasteiger charge is -2.20. The fourth-order valence-electron chi connectivity index (χ4n) is 5.60. The highest BCUT2D eigenvalue weighted by molar-refractivity contribution is 5.97. The molecule has 0 bridgehead atoms. The minimum Gasteiger partial charge on any atom is -0.358 e. The Balaban J connectivity index is 1.33. The molecule has 6 aromatic rings. The van der Waals surface area contributed by atoms with Crippen LogP contribution in [-0.2, 0) is 6.42 Å². The van der Waals surface area contributed by atoms with Crippen molar-refractivity contribution in [3.05, 3.63) is 85.0 Å². The van der Waals surface area contributed by atoms with Gasteiger partial charge in [0.05, 0.1) is 46.5 Å². The fraction of sp³-hybridized carbons (Fsp3) is 0.286. The second kappa shape index (κ2) is 12.2. The summed E-state index contributed by atoms with van der Waals surface area (Å²) in [6, 6.07) is 9.17. The van der Waals surface area contributed by atoms with E-state index in [2.05, 4.69) is 67.7 Å². The van der Waals surface area contributed by atoms with E-state index in [1.54, 1.807) is 37.1 Å². The molecule has 0 amide bonds. The predicted molar refractivity (Wildman–Crippen MR) is 179 cm³/mol. The smallest absolute Gasteiger partial charge is 0.159 e. The van der Waals surface area contributed by atoms with Crippen LogP contribution in [0.2, 0.25) is 0 Å². The number of benzene rings is 1. The molecule has 0 unspecified atom stereocenters. The van der Waals surface area contributed by atoms with Crippen molar-refractivity contribution in [3.8, 4) is 33.9 Å². The van der Waals surface area contributed by atoms with Crippen LogP contribution < -0.4 is 5.32 Å². The van der Waals surface area contributed by atoms with E-state index in [0.717, 1.165) is 81.6 Å². The first-order valence-electron chi connectivity index (χ1n) is 15.1. The van der Waals surface area contributed by atoms with E-state index >= 15 is 0 Å². The van der Waals surface area contributed by atoms with Gasteiger partial charge in [0, 0.05) is 34.6 Å². The molecule has 5 heterocycles. The number of imidazole rings is 1. The maximum absolute atomic E-state index is 14.7. The number of pyridine rings is 3. The second-order valence-electron chi connectivity index (χ2n) is 13.0. The van der Waals surface area contributed by atoms with Gasteiger partial charge in [0.15, 0.2) is 5.82 Å². The number of nitrogens with one attached hydrogen (secondary N) is 3. The molecule has 10 heteroatoms. The summed E-state index contributed by atoms with van der Waals surface area (Å²) < 4.78 is 14.7. The number of nitrogens with zero attached hydrogens (tertiary/aromatic N) is 6. The predicted octanol–water partition coefficient (Wildman–Crippen LogP) is 7.62. The minimum absolute atomic E-state index is 0.124. The van der Waals surface area contributed by atoms with Gasteiger partial charge in [-0.25, -0.2) is 9.37 Å². The summed E-state index contributed by atoms with van der Waals surface area (Å²) >= 11 is 0. The van der Waals surface area contributed by atoms with Crippen molar-refractivity contribution >= 4 is 27.6 Å². The maximum atomic E-state index is 14.7. The number of rotatable bonds is 10. The molecule has 6 rings (SSSR count). The molecule has 0 aliphatic carbocycles. The Morgan fingerprint density at radius 1 is 0.956 bits per heavy atom. The lowest BCUT2D eigenvalue weighted by atomic mass is 9.91. The van der Waals surface area contributed by atoms with Gasteiger partial charge in [0.2, 0.25) is 0 Å². The van der Waals surface area contributed by atoms with Crippen LogP contribution in [0.4, 0.5) is 10.1 Å². The summed E-state index contributed by atoms with van der Waals surface area (Å²) in [5.41, 5.74) is 8.85. The van der Waals surface area contributed by atoms with Gasteiger partial charge < -0.3 is 15.2 Å². The van der Waals surface area contributed by atoms with E-state index in [4.69, 9.17) is 4.98 Å². The van der Waals surface area contributed by atoms with Crippen LogP contribution in [-0.4, -0.2) is 60.7 Å². The van der Waals surface area contributed by atoms with Gasteiger partial charge in [-0.2, -0.15) is 5.10 Å². The van der Waals surface area contributed by atoms with Crippen molar-refractivity contribution in [2.75, 3.05) is 26.0 Å². The molecule has 9 nitrogen and oxygen atoms in total. The van der Waals surface area contributed by atoms with Gasteiger partial charge >= 0.3 is 0 Å². The molecular weight excluding hydrogens is 565 g/mol. The maximum Gasteiger partial charge on any atom is 0.159 e. The van der Waals surface area contributed by atoms with Crippen molar-refractivity contribution in [2.45, 2.75) is 40.0 Å². The number of aromatic amines is 2. The Hall–Kier alpha value is -4.96. The van der Waals surface area contributed by atoms with Gasteiger partial charge in [0.25, 0.3) is 0 Å². The molecule has 0 atom stereocenters. The number of hydrogen-bond acceptors (Lipinski definition) is 7. The average molecular weight is 604 g/mol. The quantitative estimate of drug-likeness (QED) is 0.148. The number of aryl methyl sites for hydroxylation is 1. The number of halogens is 1. The molecule has 0 fully saturated rings. The summed E-state index contributed by atoms with van der Waals surface area (Å²) in [7, 11) is 4.08. The van der Waals surface area contributed by atoms with Crippen LogP contribution in [0.1, 0.15) is 39.2 Å². The first-order chi connectivity index (χ1) is 21.5. The number of anilines is 1. The van der Waals surface area contributed by atoms with Gasteiger partial charge in [0.1, 0.15) is 11.5 Å². The summed E-state index contributed by atoms with van der Waals surface area (Å²) in [5, 5.41) is 11.9. The largest absolute Gasteiger partial charge is 0.358 e. The van der Waals surface area contributed by atoms with Gasteiger partial charge in [-0.15, -0.1) is 0 Å². The number of hydrogen-bond donors (Lipinski definition) is 3. The van der Waals surface area contributed by atoms with Crippen LogP contribution in [0, 0.1) is 11.2 Å². The van der Waals surface area contributed by atoms with Crippen molar-refractivity contribution in [2.24, 2.45) is 5.41 Å². The third kappa shape index (κ3) is 6.91. The topological polar surface area (TPSA) is 111 Å². The normalized spacial score (nSPS) is 12.0. The van der Waals surface area contributed by atoms with Gasteiger partial charge in [-0.1, -0.05) is 33.4 Å². The van der Waals surface area contributed by atoms with Crippen LogP contribution >= 0.6 is 0 Å². The average Bonchev–Trinajstić information content (AvgIpc) is 3.59. The van der Waals surface area contributed by atoms with Crippen molar-refractivity contribution in [1.82, 2.24) is 40.0 Å². The van der Waals surface area contributed by atoms with Crippen molar-refractivity contribution in [3.63, 3.8) is 0 Å². The van der Waals surface area contributed by atoms with Crippen LogP contribution in [0.5, 0.6) is 0 Å². The number of H-pyrrole nitrogens is 2. The molecule has 1 aromatic carbocycles. The van der Waals surface area contributed by atoms with Gasteiger partial charge in [-0.3, -0.25) is 20.1 Å². The molecule has 0 saturated carbocycles. The van der Waals surface area contributed by atoms with Crippen LogP contribution in [0.25, 0.3) is 55.8 Å². The molecule has 3 N–H and O–H groups in total. The Morgan fingerprint density at radius 3 is 2.58 bits per heavy atom. The van der Waals surface area contributed by atoms with Crippen molar-refractivity contribution < 1.29 is 4.39 Å². The SMILES string of the molecule is C=C(CC(C)(C)C)Nc1cncc(-c2cc3c(-c4nc5c(-c6cc(F)cc(CCCN(C)C)c6)cncc5[nH]4)n[nH]c3cn2)c1. The first kappa shape index (κ1) is 30.1. The lowest BCUT2D eigenvalue weighted by molar-refractivity contribution is 0.400. The number of aromatic nitrogens is 7. The van der Waals surface area contributed by atoms with E-state index in [1.165, 1.54) is 6.07 Å². The third-order valence-corrected chi connectivity index (χ3v) is 7.50. The first-order valence-corrected chi connectivity index (χ1v) is 15.1. The minimum atomic E-state index is -0.272. The molecule has 230 valence electrons. The second-order valence-corrected chi connectivity index (χ2v) is 13.0. The molecule has 0 spiro atoms. The van der Waals surface area contributed by atoms with E-state index in [9.17, 15) is 4.39 Å². The Morgan fingerprint density at radius 2 is 1.78 bits per heavy atom. The zero-order valence-corrected chi connectivity index (χ0v) is 26.4. The summed E-state index contributed by atoms with van der Waals surface area (Å²) in [6.45, 7) is 11.7. The molecular formula is C35H38FN9. The highest BCUT2D eigenvalue weighted by atomic mass is 19.1. The molecule has 45 heavy (non-hydrogen) atoms. The molecule has 5 aromatic heterocycles. The van der Waals surface area contributed by atoms with Crippen LogP contribution in [0.3, 0.4) is 0 Å². The zero-order chi connectivity index (χ0) is 31.7. The monoisotopic (exact) mass is 603 g/mol. The third-order valence-electron chi connectivity index (χ3n) is 7.50. The standard InChI is InChI=1S/C35H38FN9/c1-21(15-35(2,3)4)40-26-13-24(16-37-17-26)29-14-27-30(20-39-29)43-44-33(27)34-41-31-19-38-18-28(32(31)42-34)23-10-22(11-25(36)12-23)8-7-9-45(5)6/h10-14,16-20,40H,1,7-9,15H2,2-6H3,(H,41,42)(H,43,44). The lowest BCUT2D eigenvalue weighted by Crippen LogP contribution is -2.13. The van der Waals surface area contributed by atoms with E-state index in [1.807, 2.05) is 32.3 Å². The Kier molecular flexibility index (Phi) is 8.16. The van der Waals surface area contributed by atoms with E-state index in [0.29, 0.717) is 17.0 Å². The Bertz CT molecular complexity index is 2000. The molecule has 0 radical (unpaired) electrons. The van der Waals surface area contributed by atoms with E-state index in [-0.39, 0.29) is 11.2 Å². The number of allylic oxidation sites excluding steroid dienone is 1. The Labute approximate surface area is 262 Å². The summed E-state index contributed by atoms with van der Waals surface area (Å²) in [6.07, 6.45) is 11.4.